The van der Waals surface area contributed by atoms with E-state index in [2.05, 4.69) is 15.8 Å². The number of amides is 1. The molecule has 138 valence electrons. The number of nitrogens with zero attached hydrogens (tertiary/aromatic N) is 2. The second-order valence-corrected chi connectivity index (χ2v) is 6.95. The number of benzene rings is 1. The third-order valence-electron chi connectivity index (χ3n) is 4.62. The first kappa shape index (κ1) is 18.8. The van der Waals surface area contributed by atoms with Gasteiger partial charge in [0, 0.05) is 37.4 Å². The number of hydrogen-bond acceptors (Lipinski definition) is 4. The Bertz CT molecular complexity index is 755. The second-order valence-electron chi connectivity index (χ2n) is 6.56. The lowest BCUT2D eigenvalue weighted by molar-refractivity contribution is 0.0791. The fourth-order valence-electron chi connectivity index (χ4n) is 3.16. The summed E-state index contributed by atoms with van der Waals surface area (Å²) in [6.45, 7) is 0.665. The van der Waals surface area contributed by atoms with Crippen LogP contribution in [0.2, 0.25) is 5.15 Å². The molecule has 1 aliphatic rings. The van der Waals surface area contributed by atoms with E-state index in [0.29, 0.717) is 23.3 Å². The van der Waals surface area contributed by atoms with Gasteiger partial charge in [-0.3, -0.25) is 15.6 Å². The number of hydrogen-bond donors (Lipinski definition) is 2. The minimum absolute atomic E-state index is 0.0593. The van der Waals surface area contributed by atoms with E-state index in [4.69, 9.17) is 11.6 Å². The fraction of sp³-hybridized carbons (Fsp3) is 0.368. The van der Waals surface area contributed by atoms with Crippen molar-refractivity contribution >= 4 is 17.5 Å². The standard InChI is InChI=1S/C19H22ClFN4O/c1-25(19(26)14-8-9-22-18(20)11-14)10-2-3-16-12-17(24-23-16)13-4-6-15(21)7-5-13/h4-9,11,16-17,23-24H,2-3,10,12H2,1H3. The summed E-state index contributed by atoms with van der Waals surface area (Å²) in [7, 11) is 1.79. The summed E-state index contributed by atoms with van der Waals surface area (Å²) in [5.74, 6) is -0.282. The molecule has 2 aromatic rings. The van der Waals surface area contributed by atoms with Gasteiger partial charge in [0.25, 0.3) is 5.91 Å². The molecule has 0 spiro atoms. The normalized spacial score (nSPS) is 19.5. The van der Waals surface area contributed by atoms with Gasteiger partial charge in [-0.1, -0.05) is 23.7 Å². The molecule has 1 aromatic heterocycles. The van der Waals surface area contributed by atoms with Crippen molar-refractivity contribution in [2.45, 2.75) is 31.3 Å². The van der Waals surface area contributed by atoms with Gasteiger partial charge in [-0.05, 0) is 49.1 Å². The first-order chi connectivity index (χ1) is 12.5. The number of halogens is 2. The Kier molecular flexibility index (Phi) is 6.19. The van der Waals surface area contributed by atoms with Gasteiger partial charge >= 0.3 is 0 Å². The van der Waals surface area contributed by atoms with Gasteiger partial charge in [0.05, 0.1) is 0 Å². The first-order valence-corrected chi connectivity index (χ1v) is 9.04. The lowest BCUT2D eigenvalue weighted by Gasteiger charge is -2.18. The molecule has 0 aliphatic carbocycles. The van der Waals surface area contributed by atoms with E-state index in [-0.39, 0.29) is 17.8 Å². The Labute approximate surface area is 157 Å². The van der Waals surface area contributed by atoms with Crippen molar-refractivity contribution in [3.05, 3.63) is 64.7 Å². The van der Waals surface area contributed by atoms with Crippen LogP contribution in [0.5, 0.6) is 0 Å². The zero-order chi connectivity index (χ0) is 18.5. The van der Waals surface area contributed by atoms with Crippen LogP contribution in [0, 0.1) is 5.82 Å². The third kappa shape index (κ3) is 4.78. The Morgan fingerprint density at radius 3 is 2.81 bits per heavy atom. The minimum Gasteiger partial charge on any atom is -0.342 e. The van der Waals surface area contributed by atoms with Crippen LogP contribution < -0.4 is 10.9 Å². The molecular formula is C19H22ClFN4O. The number of nitrogens with one attached hydrogen (secondary N) is 2. The molecule has 0 radical (unpaired) electrons. The van der Waals surface area contributed by atoms with E-state index in [0.717, 1.165) is 24.8 Å². The number of carbonyl (C=O) groups excluding carboxylic acids is 1. The molecule has 1 amide bonds. The van der Waals surface area contributed by atoms with Crippen LogP contribution >= 0.6 is 11.6 Å². The van der Waals surface area contributed by atoms with Crippen LogP contribution in [0.25, 0.3) is 0 Å². The molecular weight excluding hydrogens is 355 g/mol. The highest BCUT2D eigenvalue weighted by Crippen LogP contribution is 2.24. The quantitative estimate of drug-likeness (QED) is 0.759. The number of carbonyl (C=O) groups is 1. The predicted octanol–water partition coefficient (Wildman–Crippen LogP) is 3.33. The molecule has 0 bridgehead atoms. The molecule has 2 heterocycles. The highest BCUT2D eigenvalue weighted by molar-refractivity contribution is 6.29. The van der Waals surface area contributed by atoms with Crippen LogP contribution in [-0.2, 0) is 0 Å². The van der Waals surface area contributed by atoms with Crippen molar-refractivity contribution in [2.75, 3.05) is 13.6 Å². The zero-order valence-corrected chi connectivity index (χ0v) is 15.3. The predicted molar refractivity (Wildman–Crippen MR) is 99.3 cm³/mol. The molecule has 0 saturated carbocycles. The second kappa shape index (κ2) is 8.58. The molecule has 2 atom stereocenters. The average molecular weight is 377 g/mol. The van der Waals surface area contributed by atoms with E-state index in [9.17, 15) is 9.18 Å². The van der Waals surface area contributed by atoms with Crippen LogP contribution in [-0.4, -0.2) is 35.4 Å². The van der Waals surface area contributed by atoms with Gasteiger partial charge in [-0.25, -0.2) is 9.37 Å². The number of aromatic nitrogens is 1. The summed E-state index contributed by atoms with van der Waals surface area (Å²) >= 11 is 5.84. The van der Waals surface area contributed by atoms with Crippen molar-refractivity contribution in [2.24, 2.45) is 0 Å². The van der Waals surface area contributed by atoms with Crippen molar-refractivity contribution in [1.82, 2.24) is 20.7 Å². The largest absolute Gasteiger partial charge is 0.342 e. The van der Waals surface area contributed by atoms with Crippen molar-refractivity contribution in [3.8, 4) is 0 Å². The lowest BCUT2D eigenvalue weighted by atomic mass is 9.99. The highest BCUT2D eigenvalue weighted by Gasteiger charge is 2.24. The Morgan fingerprint density at radius 1 is 1.31 bits per heavy atom. The maximum atomic E-state index is 13.0. The zero-order valence-electron chi connectivity index (χ0n) is 14.6. The molecule has 7 heteroatoms. The Morgan fingerprint density at radius 2 is 2.08 bits per heavy atom. The van der Waals surface area contributed by atoms with Gasteiger partial charge < -0.3 is 4.90 Å². The van der Waals surface area contributed by atoms with E-state index in [1.165, 1.54) is 18.3 Å². The number of pyridine rings is 1. The average Bonchev–Trinajstić information content (AvgIpc) is 3.10. The molecule has 2 N–H and O–H groups in total. The van der Waals surface area contributed by atoms with Gasteiger partial charge in [-0.2, -0.15) is 0 Å². The van der Waals surface area contributed by atoms with Crippen LogP contribution in [0.4, 0.5) is 4.39 Å². The summed E-state index contributed by atoms with van der Waals surface area (Å²) in [4.78, 5) is 18.0. The lowest BCUT2D eigenvalue weighted by Crippen LogP contribution is -2.32. The first-order valence-electron chi connectivity index (χ1n) is 8.66. The highest BCUT2D eigenvalue weighted by atomic mass is 35.5. The van der Waals surface area contributed by atoms with E-state index < -0.39 is 0 Å². The maximum Gasteiger partial charge on any atom is 0.253 e. The molecule has 1 aromatic carbocycles. The van der Waals surface area contributed by atoms with Crippen LogP contribution in [0.15, 0.2) is 42.6 Å². The minimum atomic E-state index is -0.223. The summed E-state index contributed by atoms with van der Waals surface area (Å²) < 4.78 is 13.0. The third-order valence-corrected chi connectivity index (χ3v) is 4.83. The van der Waals surface area contributed by atoms with Gasteiger partial charge in [0.2, 0.25) is 0 Å². The van der Waals surface area contributed by atoms with Gasteiger partial charge in [0.1, 0.15) is 11.0 Å². The topological polar surface area (TPSA) is 57.3 Å². The Hall–Kier alpha value is -2.02. The number of hydrazine groups is 1. The van der Waals surface area contributed by atoms with E-state index in [1.54, 1.807) is 24.1 Å². The van der Waals surface area contributed by atoms with E-state index >= 15 is 0 Å². The molecule has 3 rings (SSSR count). The summed E-state index contributed by atoms with van der Waals surface area (Å²) in [5, 5.41) is 0.317. The monoisotopic (exact) mass is 376 g/mol. The molecule has 1 fully saturated rings. The van der Waals surface area contributed by atoms with Crippen molar-refractivity contribution in [3.63, 3.8) is 0 Å². The fourth-order valence-corrected chi connectivity index (χ4v) is 3.33. The molecule has 5 nitrogen and oxygen atoms in total. The van der Waals surface area contributed by atoms with Gasteiger partial charge in [-0.15, -0.1) is 0 Å². The van der Waals surface area contributed by atoms with Crippen molar-refractivity contribution in [1.29, 1.82) is 0 Å². The maximum absolute atomic E-state index is 13.0. The van der Waals surface area contributed by atoms with Gasteiger partial charge in [0.15, 0.2) is 0 Å². The van der Waals surface area contributed by atoms with Crippen molar-refractivity contribution < 1.29 is 9.18 Å². The molecule has 26 heavy (non-hydrogen) atoms. The smallest absolute Gasteiger partial charge is 0.253 e. The Balaban J connectivity index is 1.43. The molecule has 2 unspecified atom stereocenters. The summed E-state index contributed by atoms with van der Waals surface area (Å²) in [5.41, 5.74) is 8.17. The van der Waals surface area contributed by atoms with Crippen LogP contribution in [0.1, 0.15) is 41.2 Å². The van der Waals surface area contributed by atoms with E-state index in [1.807, 2.05) is 12.1 Å². The SMILES string of the molecule is CN(CCCC1CC(c2ccc(F)cc2)NN1)C(=O)c1ccnc(Cl)c1. The van der Waals surface area contributed by atoms with Crippen LogP contribution in [0.3, 0.4) is 0 Å². The molecule has 1 aliphatic heterocycles. The molecule has 1 saturated heterocycles. The number of rotatable bonds is 6. The summed E-state index contributed by atoms with van der Waals surface area (Å²) in [6.07, 6.45) is 4.30. The summed E-state index contributed by atoms with van der Waals surface area (Å²) in [6, 6.07) is 10.3.